The smallest absolute Gasteiger partial charge is 0.416 e. The standard InChI is InChI=1S/C16H13BrF3NO2/c1-2-23-14-8-7-10(16(18,19)20)9-13(14)21-15(22)11-5-3-4-6-12(11)17/h3-9H,2H2,1H3,(H,21,22). The molecule has 0 bridgehead atoms. The van der Waals surface area contributed by atoms with Crippen molar-refractivity contribution in [1.82, 2.24) is 0 Å². The third kappa shape index (κ3) is 4.25. The summed E-state index contributed by atoms with van der Waals surface area (Å²) >= 11 is 3.23. The van der Waals surface area contributed by atoms with Gasteiger partial charge in [0.1, 0.15) is 5.75 Å². The molecule has 0 spiro atoms. The second-order valence-electron chi connectivity index (χ2n) is 4.58. The van der Waals surface area contributed by atoms with E-state index in [9.17, 15) is 18.0 Å². The number of carbonyl (C=O) groups is 1. The Labute approximate surface area is 139 Å². The quantitative estimate of drug-likeness (QED) is 0.790. The number of hydrogen-bond acceptors (Lipinski definition) is 2. The zero-order chi connectivity index (χ0) is 17.0. The Morgan fingerprint density at radius 3 is 2.52 bits per heavy atom. The first-order valence-corrected chi connectivity index (χ1v) is 7.52. The van der Waals surface area contributed by atoms with Crippen LogP contribution < -0.4 is 10.1 Å². The molecule has 0 heterocycles. The molecule has 2 aromatic rings. The normalized spacial score (nSPS) is 11.2. The third-order valence-electron chi connectivity index (χ3n) is 2.97. The molecule has 1 N–H and O–H groups in total. The van der Waals surface area contributed by atoms with Gasteiger partial charge in [-0.15, -0.1) is 0 Å². The summed E-state index contributed by atoms with van der Waals surface area (Å²) in [5, 5.41) is 2.47. The lowest BCUT2D eigenvalue weighted by atomic mass is 10.1. The predicted octanol–water partition coefficient (Wildman–Crippen LogP) is 5.12. The predicted molar refractivity (Wildman–Crippen MR) is 84.7 cm³/mol. The maximum Gasteiger partial charge on any atom is 0.416 e. The summed E-state index contributed by atoms with van der Waals surface area (Å²) in [5.41, 5.74) is -0.571. The highest BCUT2D eigenvalue weighted by atomic mass is 79.9. The topological polar surface area (TPSA) is 38.3 Å². The molecule has 0 saturated heterocycles. The van der Waals surface area contributed by atoms with E-state index in [-0.39, 0.29) is 18.0 Å². The molecular formula is C16H13BrF3NO2. The van der Waals surface area contributed by atoms with Crippen LogP contribution in [-0.4, -0.2) is 12.5 Å². The first-order chi connectivity index (χ1) is 10.8. The van der Waals surface area contributed by atoms with E-state index in [1.54, 1.807) is 31.2 Å². The van der Waals surface area contributed by atoms with Gasteiger partial charge in [-0.1, -0.05) is 12.1 Å². The highest BCUT2D eigenvalue weighted by Gasteiger charge is 2.31. The summed E-state index contributed by atoms with van der Waals surface area (Å²) in [5.74, 6) is -0.348. The van der Waals surface area contributed by atoms with E-state index in [1.807, 2.05) is 0 Å². The molecule has 2 rings (SSSR count). The summed E-state index contributed by atoms with van der Waals surface area (Å²) < 4.78 is 44.4. The molecule has 0 aliphatic rings. The van der Waals surface area contributed by atoms with Gasteiger partial charge in [0.2, 0.25) is 0 Å². The van der Waals surface area contributed by atoms with Crippen LogP contribution in [0.5, 0.6) is 5.75 Å². The van der Waals surface area contributed by atoms with Crippen LogP contribution in [0.4, 0.5) is 18.9 Å². The Hall–Kier alpha value is -2.02. The lowest BCUT2D eigenvalue weighted by Gasteiger charge is -2.15. The third-order valence-corrected chi connectivity index (χ3v) is 3.66. The molecule has 0 atom stereocenters. The number of alkyl halides is 3. The van der Waals surface area contributed by atoms with E-state index in [1.165, 1.54) is 6.07 Å². The minimum atomic E-state index is -4.50. The van der Waals surface area contributed by atoms with Gasteiger partial charge in [0, 0.05) is 4.47 Å². The minimum absolute atomic E-state index is 0.0255. The van der Waals surface area contributed by atoms with Crippen LogP contribution in [0.15, 0.2) is 46.9 Å². The lowest BCUT2D eigenvalue weighted by Crippen LogP contribution is -2.15. The van der Waals surface area contributed by atoms with Crippen LogP contribution >= 0.6 is 15.9 Å². The van der Waals surface area contributed by atoms with Gasteiger partial charge in [-0.3, -0.25) is 4.79 Å². The zero-order valence-electron chi connectivity index (χ0n) is 12.1. The maximum absolute atomic E-state index is 12.8. The number of hydrogen-bond donors (Lipinski definition) is 1. The van der Waals surface area contributed by atoms with Crippen LogP contribution in [-0.2, 0) is 6.18 Å². The van der Waals surface area contributed by atoms with Gasteiger partial charge in [-0.05, 0) is 53.2 Å². The first kappa shape index (κ1) is 17.3. The van der Waals surface area contributed by atoms with Crippen molar-refractivity contribution in [3.05, 3.63) is 58.1 Å². The Kier molecular flexibility index (Phi) is 5.30. The van der Waals surface area contributed by atoms with Gasteiger partial charge in [-0.25, -0.2) is 0 Å². The van der Waals surface area contributed by atoms with Gasteiger partial charge in [0.05, 0.1) is 23.4 Å². The number of ether oxygens (including phenoxy) is 1. The summed E-state index contributed by atoms with van der Waals surface area (Å²) in [6, 6.07) is 9.60. The van der Waals surface area contributed by atoms with Crippen molar-refractivity contribution in [2.45, 2.75) is 13.1 Å². The van der Waals surface area contributed by atoms with E-state index in [0.29, 0.717) is 10.0 Å². The molecule has 122 valence electrons. The number of rotatable bonds is 4. The summed E-state index contributed by atoms with van der Waals surface area (Å²) in [6.07, 6.45) is -4.50. The Balaban J connectivity index is 2.36. The molecule has 3 nitrogen and oxygen atoms in total. The summed E-state index contributed by atoms with van der Waals surface area (Å²) in [6.45, 7) is 1.97. The monoisotopic (exact) mass is 387 g/mol. The highest BCUT2D eigenvalue weighted by molar-refractivity contribution is 9.10. The van der Waals surface area contributed by atoms with E-state index >= 15 is 0 Å². The number of benzene rings is 2. The van der Waals surface area contributed by atoms with Crippen LogP contribution in [0.3, 0.4) is 0 Å². The molecule has 23 heavy (non-hydrogen) atoms. The molecule has 0 unspecified atom stereocenters. The molecule has 2 aromatic carbocycles. The van der Waals surface area contributed by atoms with E-state index in [4.69, 9.17) is 4.74 Å². The van der Waals surface area contributed by atoms with Crippen molar-refractivity contribution in [2.75, 3.05) is 11.9 Å². The van der Waals surface area contributed by atoms with E-state index < -0.39 is 17.6 Å². The fraction of sp³-hybridized carbons (Fsp3) is 0.188. The van der Waals surface area contributed by atoms with Crippen molar-refractivity contribution in [1.29, 1.82) is 0 Å². The second-order valence-corrected chi connectivity index (χ2v) is 5.43. The molecule has 0 saturated carbocycles. The Morgan fingerprint density at radius 1 is 1.22 bits per heavy atom. The van der Waals surface area contributed by atoms with Crippen LogP contribution in [0, 0.1) is 0 Å². The van der Waals surface area contributed by atoms with Crippen LogP contribution in [0.1, 0.15) is 22.8 Å². The number of halogens is 4. The van der Waals surface area contributed by atoms with Crippen molar-refractivity contribution in [2.24, 2.45) is 0 Å². The van der Waals surface area contributed by atoms with Crippen molar-refractivity contribution in [3.63, 3.8) is 0 Å². The fourth-order valence-electron chi connectivity index (χ4n) is 1.92. The van der Waals surface area contributed by atoms with E-state index in [0.717, 1.165) is 12.1 Å². The number of anilines is 1. The average molecular weight is 388 g/mol. The fourth-order valence-corrected chi connectivity index (χ4v) is 2.39. The van der Waals surface area contributed by atoms with Crippen LogP contribution in [0.25, 0.3) is 0 Å². The van der Waals surface area contributed by atoms with Crippen molar-refractivity contribution < 1.29 is 22.7 Å². The number of amides is 1. The molecular weight excluding hydrogens is 375 g/mol. The summed E-state index contributed by atoms with van der Waals surface area (Å²) in [4.78, 5) is 12.3. The number of carbonyl (C=O) groups excluding carboxylic acids is 1. The van der Waals surface area contributed by atoms with Crippen molar-refractivity contribution in [3.8, 4) is 5.75 Å². The van der Waals surface area contributed by atoms with Gasteiger partial charge < -0.3 is 10.1 Å². The molecule has 1 amide bonds. The molecule has 0 fully saturated rings. The Bertz CT molecular complexity index is 717. The highest BCUT2D eigenvalue weighted by Crippen LogP contribution is 2.35. The average Bonchev–Trinajstić information content (AvgIpc) is 2.48. The SMILES string of the molecule is CCOc1ccc(C(F)(F)F)cc1NC(=O)c1ccccc1Br. The van der Waals surface area contributed by atoms with Gasteiger partial charge in [0.15, 0.2) is 0 Å². The second kappa shape index (κ2) is 7.04. The minimum Gasteiger partial charge on any atom is -0.492 e. The molecule has 0 aliphatic carbocycles. The van der Waals surface area contributed by atoms with Gasteiger partial charge in [-0.2, -0.15) is 13.2 Å². The zero-order valence-corrected chi connectivity index (χ0v) is 13.7. The first-order valence-electron chi connectivity index (χ1n) is 6.73. The Morgan fingerprint density at radius 2 is 1.91 bits per heavy atom. The number of nitrogens with one attached hydrogen (secondary N) is 1. The van der Waals surface area contributed by atoms with Gasteiger partial charge >= 0.3 is 6.18 Å². The van der Waals surface area contributed by atoms with Crippen LogP contribution in [0.2, 0.25) is 0 Å². The molecule has 0 aliphatic heterocycles. The van der Waals surface area contributed by atoms with Gasteiger partial charge in [0.25, 0.3) is 5.91 Å². The largest absolute Gasteiger partial charge is 0.492 e. The summed E-state index contributed by atoms with van der Waals surface area (Å²) in [7, 11) is 0. The molecule has 0 aromatic heterocycles. The molecule has 7 heteroatoms. The molecule has 0 radical (unpaired) electrons. The van der Waals surface area contributed by atoms with Crippen molar-refractivity contribution >= 4 is 27.5 Å². The van der Waals surface area contributed by atoms with E-state index in [2.05, 4.69) is 21.2 Å². The lowest BCUT2D eigenvalue weighted by molar-refractivity contribution is -0.137. The maximum atomic E-state index is 12.8.